The van der Waals surface area contributed by atoms with Gasteiger partial charge in [0.2, 0.25) is 0 Å². The summed E-state index contributed by atoms with van der Waals surface area (Å²) >= 11 is 1.29. The Morgan fingerprint density at radius 1 is 1.03 bits per heavy atom. The Balaban J connectivity index is 1.32. The van der Waals surface area contributed by atoms with Crippen LogP contribution in [0.1, 0.15) is 43.8 Å². The number of rotatable bonds is 8. The highest BCUT2D eigenvalue weighted by atomic mass is 32.1. The minimum atomic E-state index is -0.988. The molecular weight excluding hydrogens is 442 g/mol. The lowest BCUT2D eigenvalue weighted by Gasteiger charge is -2.14. The van der Waals surface area contributed by atoms with E-state index in [9.17, 15) is 14.4 Å². The number of aliphatic carboxylic acids is 1. The number of ether oxygens (including phenoxy) is 1. The number of fused-ring (bicyclic) bond motifs is 3. The summed E-state index contributed by atoms with van der Waals surface area (Å²) in [6.45, 7) is 2.12. The Morgan fingerprint density at radius 3 is 2.30 bits per heavy atom. The molecule has 170 valence electrons. The molecule has 1 aromatic heterocycles. The Labute approximate surface area is 194 Å². The van der Waals surface area contributed by atoms with E-state index in [0.29, 0.717) is 9.88 Å². The quantitative estimate of drug-likeness (QED) is 0.467. The van der Waals surface area contributed by atoms with E-state index in [-0.39, 0.29) is 37.7 Å². The van der Waals surface area contributed by atoms with Crippen LogP contribution in [0.2, 0.25) is 0 Å². The van der Waals surface area contributed by atoms with Crippen LogP contribution in [0.25, 0.3) is 11.1 Å². The third-order valence-electron chi connectivity index (χ3n) is 5.41. The summed E-state index contributed by atoms with van der Waals surface area (Å²) in [6.07, 6.45) is -0.720. The van der Waals surface area contributed by atoms with Crippen molar-refractivity contribution in [2.24, 2.45) is 0 Å². The summed E-state index contributed by atoms with van der Waals surface area (Å²) in [5.74, 6) is -1.44. The van der Waals surface area contributed by atoms with Crippen molar-refractivity contribution in [1.82, 2.24) is 15.6 Å². The average Bonchev–Trinajstić information content (AvgIpc) is 3.33. The molecule has 0 fully saturated rings. The summed E-state index contributed by atoms with van der Waals surface area (Å²) in [6, 6.07) is 16.2. The molecule has 1 aliphatic carbocycles. The molecular formula is C24H23N3O5S. The fraction of sp³-hybridized carbons (Fsp3) is 0.250. The van der Waals surface area contributed by atoms with Gasteiger partial charge in [-0.15, -0.1) is 11.3 Å². The standard InChI is InChI=1S/C24H23N3O5S/c1-14-22(23(30)25-11-10-21(28)29)27-20(33-14)12-26-24(31)32-13-19-17-8-4-2-6-15(17)16-7-3-5-9-18(16)19/h2-9,19H,10-13H2,1H3,(H,25,30)(H,26,31)(H,28,29). The number of benzene rings is 2. The number of carbonyl (C=O) groups is 3. The number of nitrogens with one attached hydrogen (secondary N) is 2. The SMILES string of the molecule is Cc1sc(CNC(=O)OCC2c3ccccc3-c3ccccc32)nc1C(=O)NCCC(=O)O. The highest BCUT2D eigenvalue weighted by Crippen LogP contribution is 2.44. The molecule has 0 atom stereocenters. The van der Waals surface area contributed by atoms with Gasteiger partial charge in [0.1, 0.15) is 17.3 Å². The molecule has 0 unspecified atom stereocenters. The molecule has 2 aromatic carbocycles. The molecule has 0 bridgehead atoms. The van der Waals surface area contributed by atoms with Gasteiger partial charge in [0.25, 0.3) is 5.91 Å². The zero-order valence-electron chi connectivity index (χ0n) is 18.0. The molecule has 9 heteroatoms. The first-order chi connectivity index (χ1) is 15.9. The second-order valence-electron chi connectivity index (χ2n) is 7.59. The Morgan fingerprint density at radius 2 is 1.67 bits per heavy atom. The number of alkyl carbamates (subject to hydrolysis) is 1. The van der Waals surface area contributed by atoms with Crippen LogP contribution in [0.5, 0.6) is 0 Å². The number of thiazole rings is 1. The van der Waals surface area contributed by atoms with Crippen LogP contribution in [-0.2, 0) is 16.1 Å². The number of nitrogens with zero attached hydrogens (tertiary/aromatic N) is 1. The summed E-state index contributed by atoms with van der Waals surface area (Å²) in [5, 5.41) is 14.4. The van der Waals surface area contributed by atoms with E-state index in [1.807, 2.05) is 24.3 Å². The number of amides is 2. The van der Waals surface area contributed by atoms with Crippen molar-refractivity contribution < 1.29 is 24.2 Å². The van der Waals surface area contributed by atoms with Gasteiger partial charge in [-0.25, -0.2) is 9.78 Å². The molecule has 0 radical (unpaired) electrons. The van der Waals surface area contributed by atoms with Crippen LogP contribution < -0.4 is 10.6 Å². The minimum Gasteiger partial charge on any atom is -0.481 e. The highest BCUT2D eigenvalue weighted by molar-refractivity contribution is 7.11. The lowest BCUT2D eigenvalue weighted by atomic mass is 9.98. The van der Waals surface area contributed by atoms with Crippen LogP contribution in [0.3, 0.4) is 0 Å². The molecule has 2 amide bonds. The number of carboxylic acid groups (broad SMARTS) is 1. The average molecular weight is 466 g/mol. The first kappa shape index (κ1) is 22.5. The second kappa shape index (κ2) is 9.83. The molecule has 0 spiro atoms. The van der Waals surface area contributed by atoms with Crippen molar-refractivity contribution in [2.45, 2.75) is 25.8 Å². The Bertz CT molecular complexity index is 1160. The lowest BCUT2D eigenvalue weighted by molar-refractivity contribution is -0.136. The number of hydrogen-bond donors (Lipinski definition) is 3. The minimum absolute atomic E-state index is 0.0219. The third kappa shape index (κ3) is 5.04. The Kier molecular flexibility index (Phi) is 6.69. The second-order valence-corrected chi connectivity index (χ2v) is 8.88. The predicted molar refractivity (Wildman–Crippen MR) is 123 cm³/mol. The van der Waals surface area contributed by atoms with Crippen molar-refractivity contribution in [3.63, 3.8) is 0 Å². The first-order valence-corrected chi connectivity index (χ1v) is 11.3. The van der Waals surface area contributed by atoms with Crippen molar-refractivity contribution in [3.05, 3.63) is 75.2 Å². The van der Waals surface area contributed by atoms with E-state index < -0.39 is 18.0 Å². The van der Waals surface area contributed by atoms with Crippen LogP contribution in [-0.4, -0.2) is 41.2 Å². The van der Waals surface area contributed by atoms with Crippen molar-refractivity contribution in [2.75, 3.05) is 13.2 Å². The van der Waals surface area contributed by atoms with Gasteiger partial charge in [-0.3, -0.25) is 9.59 Å². The van der Waals surface area contributed by atoms with E-state index in [4.69, 9.17) is 9.84 Å². The van der Waals surface area contributed by atoms with Crippen molar-refractivity contribution in [1.29, 1.82) is 0 Å². The van der Waals surface area contributed by atoms with Gasteiger partial charge in [0.15, 0.2) is 0 Å². The van der Waals surface area contributed by atoms with Gasteiger partial charge in [-0.05, 0) is 29.2 Å². The monoisotopic (exact) mass is 465 g/mol. The molecule has 3 N–H and O–H groups in total. The summed E-state index contributed by atoms with van der Waals surface area (Å²) < 4.78 is 5.51. The van der Waals surface area contributed by atoms with Gasteiger partial charge in [0, 0.05) is 17.3 Å². The molecule has 0 saturated heterocycles. The maximum Gasteiger partial charge on any atom is 0.407 e. The number of carbonyl (C=O) groups excluding carboxylic acids is 2. The van der Waals surface area contributed by atoms with Gasteiger partial charge >= 0.3 is 12.1 Å². The van der Waals surface area contributed by atoms with E-state index in [1.165, 1.54) is 11.3 Å². The predicted octanol–water partition coefficient (Wildman–Crippen LogP) is 3.69. The van der Waals surface area contributed by atoms with Crippen LogP contribution >= 0.6 is 11.3 Å². The van der Waals surface area contributed by atoms with E-state index >= 15 is 0 Å². The normalized spacial score (nSPS) is 12.0. The topological polar surface area (TPSA) is 118 Å². The van der Waals surface area contributed by atoms with Crippen molar-refractivity contribution in [3.8, 4) is 11.1 Å². The lowest BCUT2D eigenvalue weighted by Crippen LogP contribution is -2.27. The first-order valence-electron chi connectivity index (χ1n) is 10.5. The zero-order chi connectivity index (χ0) is 23.4. The highest BCUT2D eigenvalue weighted by Gasteiger charge is 2.29. The number of aromatic nitrogens is 1. The number of hydrogen-bond acceptors (Lipinski definition) is 6. The van der Waals surface area contributed by atoms with Crippen LogP contribution in [0.4, 0.5) is 4.79 Å². The van der Waals surface area contributed by atoms with E-state index in [0.717, 1.165) is 22.3 Å². The summed E-state index contributed by atoms with van der Waals surface area (Å²) in [4.78, 5) is 40.0. The number of carboxylic acids is 1. The summed E-state index contributed by atoms with van der Waals surface area (Å²) in [7, 11) is 0. The van der Waals surface area contributed by atoms with Crippen LogP contribution in [0.15, 0.2) is 48.5 Å². The summed E-state index contributed by atoms with van der Waals surface area (Å²) in [5.41, 5.74) is 4.83. The zero-order valence-corrected chi connectivity index (χ0v) is 18.8. The molecule has 1 aliphatic rings. The smallest absolute Gasteiger partial charge is 0.407 e. The Hall–Kier alpha value is -3.72. The van der Waals surface area contributed by atoms with Gasteiger partial charge in [-0.1, -0.05) is 48.5 Å². The van der Waals surface area contributed by atoms with Gasteiger partial charge in [0.05, 0.1) is 13.0 Å². The molecule has 33 heavy (non-hydrogen) atoms. The molecule has 1 heterocycles. The molecule has 4 rings (SSSR count). The fourth-order valence-corrected chi connectivity index (χ4v) is 4.77. The molecule has 0 aliphatic heterocycles. The fourth-order valence-electron chi connectivity index (χ4n) is 3.90. The number of aryl methyl sites for hydroxylation is 1. The van der Waals surface area contributed by atoms with Crippen LogP contribution in [0, 0.1) is 6.92 Å². The van der Waals surface area contributed by atoms with Gasteiger partial charge in [-0.2, -0.15) is 0 Å². The van der Waals surface area contributed by atoms with E-state index in [1.54, 1.807) is 6.92 Å². The molecule has 8 nitrogen and oxygen atoms in total. The van der Waals surface area contributed by atoms with Crippen molar-refractivity contribution >= 4 is 29.3 Å². The van der Waals surface area contributed by atoms with E-state index in [2.05, 4.69) is 39.9 Å². The maximum atomic E-state index is 12.3. The largest absolute Gasteiger partial charge is 0.481 e. The maximum absolute atomic E-state index is 12.3. The molecule has 0 saturated carbocycles. The third-order valence-corrected chi connectivity index (χ3v) is 6.38. The molecule has 3 aromatic rings. The van der Waals surface area contributed by atoms with Gasteiger partial charge < -0.3 is 20.5 Å².